The van der Waals surface area contributed by atoms with Gasteiger partial charge in [-0.3, -0.25) is 4.79 Å². The Bertz CT molecular complexity index is 644. The molecular formula is C24H46N6O. The van der Waals surface area contributed by atoms with Gasteiger partial charge in [0.1, 0.15) is 5.54 Å². The minimum atomic E-state index is -0.751. The second kappa shape index (κ2) is 14.6. The van der Waals surface area contributed by atoms with E-state index >= 15 is 0 Å². The van der Waals surface area contributed by atoms with E-state index < -0.39 is 11.4 Å². The predicted molar refractivity (Wildman–Crippen MR) is 133 cm³/mol. The number of nitrogens with one attached hydrogen (secondary N) is 1. The number of amides is 1. The maximum atomic E-state index is 11.2. The van der Waals surface area contributed by atoms with Gasteiger partial charge in [0.25, 0.3) is 0 Å². The zero-order valence-electron chi connectivity index (χ0n) is 20.5. The van der Waals surface area contributed by atoms with Crippen LogP contribution in [-0.2, 0) is 4.79 Å². The van der Waals surface area contributed by atoms with Crippen molar-refractivity contribution in [3.63, 3.8) is 0 Å². The van der Waals surface area contributed by atoms with Gasteiger partial charge in [0, 0.05) is 31.7 Å². The molecule has 0 aromatic carbocycles. The molecule has 0 bridgehead atoms. The molecule has 1 fully saturated rings. The molecule has 0 radical (unpaired) electrons. The Labute approximate surface area is 190 Å². The quantitative estimate of drug-likeness (QED) is 0.294. The van der Waals surface area contributed by atoms with Crippen LogP contribution in [0, 0.1) is 0 Å². The van der Waals surface area contributed by atoms with E-state index in [4.69, 9.17) is 17.2 Å². The summed E-state index contributed by atoms with van der Waals surface area (Å²) in [5, 5.41) is 3.23. The van der Waals surface area contributed by atoms with Gasteiger partial charge < -0.3 is 32.3 Å². The topological polar surface area (TPSA) is 114 Å². The number of piperidine rings is 1. The summed E-state index contributed by atoms with van der Waals surface area (Å²) in [5.74, 6) is -0.392. The first kappa shape index (κ1) is 28.6. The number of carbonyl (C=O) groups is 1. The molecule has 0 atom stereocenters. The second-order valence-electron chi connectivity index (χ2n) is 8.67. The van der Waals surface area contributed by atoms with Crippen LogP contribution in [0.15, 0.2) is 48.1 Å². The Morgan fingerprint density at radius 2 is 1.71 bits per heavy atom. The predicted octanol–water partition coefficient (Wildman–Crippen LogP) is 2.78. The zero-order valence-corrected chi connectivity index (χ0v) is 20.5. The molecule has 0 aromatic heterocycles. The fourth-order valence-corrected chi connectivity index (χ4v) is 2.73. The fraction of sp³-hybridized carbons (Fsp3) is 0.625. The minimum absolute atomic E-state index is 0.392. The van der Waals surface area contributed by atoms with Crippen molar-refractivity contribution >= 4 is 5.91 Å². The molecule has 1 saturated heterocycles. The summed E-state index contributed by atoms with van der Waals surface area (Å²) in [6.45, 7) is 19.7. The maximum absolute atomic E-state index is 11.2. The van der Waals surface area contributed by atoms with Crippen molar-refractivity contribution in [3.8, 4) is 0 Å². The van der Waals surface area contributed by atoms with Crippen molar-refractivity contribution in [2.24, 2.45) is 17.2 Å². The summed E-state index contributed by atoms with van der Waals surface area (Å²) in [7, 11) is 1.76. The largest absolute Gasteiger partial charge is 0.397 e. The Balaban J connectivity index is 0.000000582. The smallest absolute Gasteiger partial charge is 0.242 e. The van der Waals surface area contributed by atoms with E-state index in [2.05, 4.69) is 23.4 Å². The maximum Gasteiger partial charge on any atom is 0.242 e. The van der Waals surface area contributed by atoms with E-state index in [1.54, 1.807) is 32.0 Å². The minimum Gasteiger partial charge on any atom is -0.397 e. The molecule has 1 aliphatic rings. The standard InChI is InChI=1S/C13H25N3.C11H21N3O/c1-12(2)13(14)11-15-7-6-10-16-8-4-3-5-9-16;1-6-8(2)9(12)7-14(5)11(3,4)10(13)15/h11,15H,1,3-10,14H2,2H3;7H,2,6,12H2,1,3-5H3,(H2,13,15)/b13-11+;9-7+. The summed E-state index contributed by atoms with van der Waals surface area (Å²) in [5.41, 5.74) is 19.1. The molecule has 7 nitrogen and oxygen atoms in total. The van der Waals surface area contributed by atoms with E-state index in [1.165, 1.54) is 45.3 Å². The SMILES string of the molecule is C=C(C)/C(N)=C\NCCCN1CCCCC1.C=C(CC)/C(N)=C\N(C)C(C)(C)C(N)=O. The van der Waals surface area contributed by atoms with E-state index in [0.717, 1.165) is 29.8 Å². The third-order valence-corrected chi connectivity index (χ3v) is 5.65. The molecule has 0 unspecified atom stereocenters. The zero-order chi connectivity index (χ0) is 24.0. The lowest BCUT2D eigenvalue weighted by Gasteiger charge is -2.32. The van der Waals surface area contributed by atoms with Crippen LogP contribution >= 0.6 is 0 Å². The number of hydrogen-bond donors (Lipinski definition) is 4. The first-order valence-corrected chi connectivity index (χ1v) is 11.2. The van der Waals surface area contributed by atoms with Crippen molar-refractivity contribution in [2.45, 2.75) is 65.3 Å². The number of nitrogens with two attached hydrogens (primary N) is 3. The van der Waals surface area contributed by atoms with Crippen LogP contribution in [0.25, 0.3) is 0 Å². The van der Waals surface area contributed by atoms with Gasteiger partial charge in [-0.25, -0.2) is 0 Å². The highest BCUT2D eigenvalue weighted by Gasteiger charge is 2.28. The van der Waals surface area contributed by atoms with E-state index in [-0.39, 0.29) is 0 Å². The Hall–Kier alpha value is -2.41. The fourth-order valence-electron chi connectivity index (χ4n) is 2.73. The molecule has 1 amide bonds. The average molecular weight is 435 g/mol. The van der Waals surface area contributed by atoms with Gasteiger partial charge >= 0.3 is 0 Å². The van der Waals surface area contributed by atoms with Crippen LogP contribution < -0.4 is 22.5 Å². The van der Waals surface area contributed by atoms with Crippen molar-refractivity contribution in [1.29, 1.82) is 0 Å². The number of allylic oxidation sites excluding steroid dienone is 2. The molecule has 31 heavy (non-hydrogen) atoms. The molecule has 1 rings (SSSR count). The summed E-state index contributed by atoms with van der Waals surface area (Å²) < 4.78 is 0. The third kappa shape index (κ3) is 11.5. The third-order valence-electron chi connectivity index (χ3n) is 5.65. The number of nitrogens with zero attached hydrogens (tertiary/aromatic N) is 2. The molecule has 0 saturated carbocycles. The molecule has 7 N–H and O–H groups in total. The van der Waals surface area contributed by atoms with Crippen molar-refractivity contribution in [1.82, 2.24) is 15.1 Å². The number of carbonyl (C=O) groups excluding carboxylic acids is 1. The molecule has 1 aliphatic heterocycles. The molecule has 178 valence electrons. The van der Waals surface area contributed by atoms with Crippen molar-refractivity contribution in [2.75, 3.05) is 33.2 Å². The van der Waals surface area contributed by atoms with Gasteiger partial charge in [0.05, 0.1) is 5.70 Å². The molecule has 0 aliphatic carbocycles. The van der Waals surface area contributed by atoms with Crippen LogP contribution in [0.3, 0.4) is 0 Å². The van der Waals surface area contributed by atoms with E-state index in [1.807, 2.05) is 20.0 Å². The van der Waals surface area contributed by atoms with Gasteiger partial charge in [-0.2, -0.15) is 0 Å². The Kier molecular flexibility index (Phi) is 13.4. The van der Waals surface area contributed by atoms with Crippen LogP contribution in [0.1, 0.15) is 59.8 Å². The number of primary amides is 1. The van der Waals surface area contributed by atoms with Crippen LogP contribution in [0.4, 0.5) is 0 Å². The van der Waals surface area contributed by atoms with Crippen molar-refractivity contribution in [3.05, 3.63) is 48.1 Å². The van der Waals surface area contributed by atoms with Crippen molar-refractivity contribution < 1.29 is 4.79 Å². The summed E-state index contributed by atoms with van der Waals surface area (Å²) >= 11 is 0. The summed E-state index contributed by atoms with van der Waals surface area (Å²) in [6.07, 6.45) is 9.67. The normalized spacial score (nSPS) is 15.5. The second-order valence-corrected chi connectivity index (χ2v) is 8.67. The lowest BCUT2D eigenvalue weighted by Crippen LogP contribution is -2.49. The highest BCUT2D eigenvalue weighted by Crippen LogP contribution is 2.15. The average Bonchev–Trinajstić information content (AvgIpc) is 2.73. The monoisotopic (exact) mass is 434 g/mol. The summed E-state index contributed by atoms with van der Waals surface area (Å²) in [6, 6.07) is 0. The molecule has 0 aromatic rings. The van der Waals surface area contributed by atoms with Crippen LogP contribution in [0.2, 0.25) is 0 Å². The van der Waals surface area contributed by atoms with Gasteiger partial charge in [-0.05, 0) is 77.2 Å². The van der Waals surface area contributed by atoms with E-state index in [0.29, 0.717) is 5.70 Å². The molecule has 0 spiro atoms. The Morgan fingerprint density at radius 3 is 2.19 bits per heavy atom. The lowest BCUT2D eigenvalue weighted by molar-refractivity contribution is -0.126. The van der Waals surface area contributed by atoms with E-state index in [9.17, 15) is 4.79 Å². The highest BCUT2D eigenvalue weighted by molar-refractivity contribution is 5.83. The van der Waals surface area contributed by atoms with Gasteiger partial charge in [0.15, 0.2) is 0 Å². The van der Waals surface area contributed by atoms with Gasteiger partial charge in [0.2, 0.25) is 5.91 Å². The number of likely N-dealkylation sites (N-methyl/N-ethyl adjacent to an activating group) is 1. The first-order valence-electron chi connectivity index (χ1n) is 11.2. The van der Waals surface area contributed by atoms with Crippen LogP contribution in [0.5, 0.6) is 0 Å². The number of rotatable bonds is 11. The summed E-state index contributed by atoms with van der Waals surface area (Å²) in [4.78, 5) is 15.4. The van der Waals surface area contributed by atoms with Gasteiger partial charge in [-0.15, -0.1) is 0 Å². The highest BCUT2D eigenvalue weighted by atomic mass is 16.1. The molecule has 7 heteroatoms. The van der Waals surface area contributed by atoms with Crippen LogP contribution in [-0.4, -0.2) is 54.5 Å². The lowest BCUT2D eigenvalue weighted by atomic mass is 10.0. The number of hydrogen-bond acceptors (Lipinski definition) is 6. The van der Waals surface area contributed by atoms with Gasteiger partial charge in [-0.1, -0.05) is 26.5 Å². The molecule has 1 heterocycles. The molecular weight excluding hydrogens is 388 g/mol. The first-order chi connectivity index (χ1) is 14.4. The number of likely N-dealkylation sites (tertiary alicyclic amines) is 1. The Morgan fingerprint density at radius 1 is 1.13 bits per heavy atom.